The highest BCUT2D eigenvalue weighted by molar-refractivity contribution is 5.68. The second-order valence-electron chi connectivity index (χ2n) is 6.93. The number of nitriles is 1. The van der Waals surface area contributed by atoms with Gasteiger partial charge in [-0.3, -0.25) is 0 Å². The highest BCUT2D eigenvalue weighted by atomic mass is 19.4. The molecule has 0 saturated heterocycles. The number of hydrogen-bond acceptors (Lipinski definition) is 4. The smallest absolute Gasteiger partial charge is 0.417 e. The Morgan fingerprint density at radius 1 is 1.24 bits per heavy atom. The summed E-state index contributed by atoms with van der Waals surface area (Å²) in [6.07, 6.45) is -5.01. The van der Waals surface area contributed by atoms with Gasteiger partial charge in [-0.1, -0.05) is 0 Å². The van der Waals surface area contributed by atoms with Gasteiger partial charge in [0.05, 0.1) is 17.2 Å². The second kappa shape index (κ2) is 6.82. The number of carbonyl (C=O) groups excluding carboxylic acids is 1. The summed E-state index contributed by atoms with van der Waals surface area (Å²) in [5, 5.41) is 11.4. The average Bonchev–Trinajstić information content (AvgIpc) is 2.42. The molecule has 0 spiro atoms. The van der Waals surface area contributed by atoms with Crippen molar-refractivity contribution in [3.8, 4) is 11.8 Å². The maximum absolute atomic E-state index is 12.9. The van der Waals surface area contributed by atoms with Crippen LogP contribution in [0.15, 0.2) is 18.2 Å². The molecule has 1 aliphatic rings. The summed E-state index contributed by atoms with van der Waals surface area (Å²) in [7, 11) is 0. The lowest BCUT2D eigenvalue weighted by Gasteiger charge is -2.35. The number of alkyl halides is 3. The highest BCUT2D eigenvalue weighted by Gasteiger charge is 2.37. The molecule has 0 aromatic heterocycles. The standard InChI is InChI=1S/C17H19F3N2O3/c1-16(2,3)22-15(23)25-13-6-12(7-13)24-11-5-4-10(9-21)14(8-11)17(18,19)20/h4-5,8,12-13H,6-7H2,1-3H3,(H,22,23). The quantitative estimate of drug-likeness (QED) is 0.888. The molecule has 8 heteroatoms. The van der Waals surface area contributed by atoms with Gasteiger partial charge in [-0.15, -0.1) is 0 Å². The Hall–Kier alpha value is -2.43. The van der Waals surface area contributed by atoms with E-state index in [0.29, 0.717) is 12.8 Å². The fourth-order valence-corrected chi connectivity index (χ4v) is 2.32. The molecular weight excluding hydrogens is 337 g/mol. The molecule has 0 heterocycles. The molecule has 1 aromatic carbocycles. The van der Waals surface area contributed by atoms with Gasteiger partial charge in [-0.2, -0.15) is 18.4 Å². The lowest BCUT2D eigenvalue weighted by Crippen LogP contribution is -2.46. The van der Waals surface area contributed by atoms with E-state index >= 15 is 0 Å². The molecule has 136 valence electrons. The van der Waals surface area contributed by atoms with Crippen molar-refractivity contribution in [2.24, 2.45) is 0 Å². The number of halogens is 3. The van der Waals surface area contributed by atoms with Crippen LogP contribution in [0.5, 0.6) is 5.75 Å². The molecule has 1 N–H and O–H groups in total. The van der Waals surface area contributed by atoms with Crippen LogP contribution in [-0.2, 0) is 10.9 Å². The van der Waals surface area contributed by atoms with Crippen LogP contribution in [0, 0.1) is 11.3 Å². The molecule has 0 radical (unpaired) electrons. The molecule has 1 aliphatic carbocycles. The van der Waals surface area contributed by atoms with Gasteiger partial charge in [-0.25, -0.2) is 4.79 Å². The maximum atomic E-state index is 12.9. The molecule has 0 unspecified atom stereocenters. The van der Waals surface area contributed by atoms with Crippen LogP contribution in [0.1, 0.15) is 44.7 Å². The summed E-state index contributed by atoms with van der Waals surface area (Å²) in [5.74, 6) is 0.0360. The number of nitrogens with one attached hydrogen (secondary N) is 1. The monoisotopic (exact) mass is 356 g/mol. The minimum Gasteiger partial charge on any atom is -0.490 e. The topological polar surface area (TPSA) is 71.3 Å². The Labute approximate surface area is 143 Å². The molecule has 5 nitrogen and oxygen atoms in total. The fourth-order valence-electron chi connectivity index (χ4n) is 2.32. The first kappa shape index (κ1) is 18.9. The van der Waals surface area contributed by atoms with E-state index in [0.717, 1.165) is 12.1 Å². The predicted octanol–water partition coefficient (Wildman–Crippen LogP) is 4.01. The van der Waals surface area contributed by atoms with Crippen molar-refractivity contribution in [3.63, 3.8) is 0 Å². The average molecular weight is 356 g/mol. The predicted molar refractivity (Wildman–Crippen MR) is 83.0 cm³/mol. The van der Waals surface area contributed by atoms with Crippen molar-refractivity contribution >= 4 is 6.09 Å². The number of nitrogens with zero attached hydrogens (tertiary/aromatic N) is 1. The van der Waals surface area contributed by atoms with Crippen LogP contribution >= 0.6 is 0 Å². The number of alkyl carbamates (subject to hydrolysis) is 1. The Morgan fingerprint density at radius 2 is 1.88 bits per heavy atom. The largest absolute Gasteiger partial charge is 0.490 e. The van der Waals surface area contributed by atoms with Crippen LogP contribution < -0.4 is 10.1 Å². The minimum absolute atomic E-state index is 0.0360. The number of amides is 1. The summed E-state index contributed by atoms with van der Waals surface area (Å²) in [4.78, 5) is 11.6. The van der Waals surface area contributed by atoms with Crippen LogP contribution in [-0.4, -0.2) is 23.8 Å². The van der Waals surface area contributed by atoms with Crippen molar-refractivity contribution < 1.29 is 27.4 Å². The molecule has 2 rings (SSSR count). The molecule has 1 saturated carbocycles. The normalized spacial score (nSPS) is 20.2. The van der Waals surface area contributed by atoms with Gasteiger partial charge in [0.2, 0.25) is 0 Å². The second-order valence-corrected chi connectivity index (χ2v) is 6.93. The third kappa shape index (κ3) is 5.28. The Kier molecular flexibility index (Phi) is 5.16. The van der Waals surface area contributed by atoms with E-state index in [2.05, 4.69) is 5.32 Å². The van der Waals surface area contributed by atoms with Crippen LogP contribution in [0.25, 0.3) is 0 Å². The SMILES string of the molecule is CC(C)(C)NC(=O)OC1CC(Oc2ccc(C#N)c(C(F)(F)F)c2)C1. The first-order valence-electron chi connectivity index (χ1n) is 7.75. The van der Waals surface area contributed by atoms with Gasteiger partial charge in [0, 0.05) is 18.4 Å². The van der Waals surface area contributed by atoms with Gasteiger partial charge >= 0.3 is 12.3 Å². The lowest BCUT2D eigenvalue weighted by atomic mass is 9.92. The van der Waals surface area contributed by atoms with Gasteiger partial charge in [0.25, 0.3) is 0 Å². The fraction of sp³-hybridized carbons (Fsp3) is 0.529. The van der Waals surface area contributed by atoms with Crippen molar-refractivity contribution in [1.29, 1.82) is 5.26 Å². The van der Waals surface area contributed by atoms with Crippen LogP contribution in [0.4, 0.5) is 18.0 Å². The summed E-state index contributed by atoms with van der Waals surface area (Å²) in [6, 6.07) is 4.75. The number of ether oxygens (including phenoxy) is 2. The first-order chi connectivity index (χ1) is 11.5. The first-order valence-corrected chi connectivity index (χ1v) is 7.75. The lowest BCUT2D eigenvalue weighted by molar-refractivity contribution is -0.138. The zero-order valence-corrected chi connectivity index (χ0v) is 14.1. The Morgan fingerprint density at radius 3 is 2.40 bits per heavy atom. The third-order valence-corrected chi connectivity index (χ3v) is 3.52. The Balaban J connectivity index is 1.89. The summed E-state index contributed by atoms with van der Waals surface area (Å²) in [5.41, 5.74) is -1.88. The van der Waals surface area contributed by atoms with E-state index in [4.69, 9.17) is 14.7 Å². The van der Waals surface area contributed by atoms with E-state index in [1.54, 1.807) is 0 Å². The molecule has 0 bridgehead atoms. The van der Waals surface area contributed by atoms with Crippen LogP contribution in [0.2, 0.25) is 0 Å². The van der Waals surface area contributed by atoms with E-state index < -0.39 is 28.9 Å². The van der Waals surface area contributed by atoms with Crippen molar-refractivity contribution in [2.45, 2.75) is 57.5 Å². The third-order valence-electron chi connectivity index (χ3n) is 3.52. The van der Waals surface area contributed by atoms with E-state index in [1.807, 2.05) is 20.8 Å². The van der Waals surface area contributed by atoms with E-state index in [1.165, 1.54) is 12.1 Å². The maximum Gasteiger partial charge on any atom is 0.417 e. The molecule has 0 aliphatic heterocycles. The highest BCUT2D eigenvalue weighted by Crippen LogP contribution is 2.36. The van der Waals surface area contributed by atoms with Crippen molar-refractivity contribution in [3.05, 3.63) is 29.3 Å². The van der Waals surface area contributed by atoms with E-state index in [9.17, 15) is 18.0 Å². The van der Waals surface area contributed by atoms with E-state index in [-0.39, 0.29) is 18.0 Å². The van der Waals surface area contributed by atoms with Crippen LogP contribution in [0.3, 0.4) is 0 Å². The van der Waals surface area contributed by atoms with Gasteiger partial charge in [0.15, 0.2) is 0 Å². The summed E-state index contributed by atoms with van der Waals surface area (Å²) in [6.45, 7) is 5.47. The van der Waals surface area contributed by atoms with Gasteiger partial charge in [0.1, 0.15) is 18.0 Å². The van der Waals surface area contributed by atoms with Gasteiger partial charge in [-0.05, 0) is 39.0 Å². The summed E-state index contributed by atoms with van der Waals surface area (Å²) >= 11 is 0. The molecule has 0 atom stereocenters. The zero-order chi connectivity index (χ0) is 18.8. The Bertz CT molecular complexity index is 684. The van der Waals surface area contributed by atoms with Gasteiger partial charge < -0.3 is 14.8 Å². The number of rotatable bonds is 3. The van der Waals surface area contributed by atoms with Crippen molar-refractivity contribution in [2.75, 3.05) is 0 Å². The molecule has 1 fully saturated rings. The molecule has 1 amide bonds. The minimum atomic E-state index is -4.62. The number of carbonyl (C=O) groups is 1. The summed E-state index contributed by atoms with van der Waals surface area (Å²) < 4.78 is 49.4. The zero-order valence-electron chi connectivity index (χ0n) is 14.1. The number of benzene rings is 1. The van der Waals surface area contributed by atoms with Crippen molar-refractivity contribution in [1.82, 2.24) is 5.32 Å². The number of hydrogen-bond donors (Lipinski definition) is 1. The molecule has 1 aromatic rings. The molecule has 25 heavy (non-hydrogen) atoms. The molecular formula is C17H19F3N2O3.